The van der Waals surface area contributed by atoms with Gasteiger partial charge in [0.1, 0.15) is 0 Å². The molecule has 0 saturated carbocycles. The third-order valence-electron chi connectivity index (χ3n) is 2.82. The van der Waals surface area contributed by atoms with Gasteiger partial charge in [-0.15, -0.1) is 6.58 Å². The van der Waals surface area contributed by atoms with Crippen LogP contribution in [0.2, 0.25) is 0 Å². The molecule has 1 rings (SSSR count). The summed E-state index contributed by atoms with van der Waals surface area (Å²) < 4.78 is 29.0. The van der Waals surface area contributed by atoms with Gasteiger partial charge in [-0.05, 0) is 45.7 Å². The number of benzene rings is 1. The Morgan fingerprint density at radius 2 is 1.85 bits per heavy atom. The standard InChI is InChI=1S/C16H22O3S/c1-13(2)6-5-7-15(4)12-19-20(17,18)16-10-8-14(3)9-11-16/h7-11H,1,5-6,12H2,2-4H3. The monoisotopic (exact) mass is 294 g/mol. The summed E-state index contributed by atoms with van der Waals surface area (Å²) in [6.07, 6.45) is 3.75. The highest BCUT2D eigenvalue weighted by atomic mass is 32.2. The topological polar surface area (TPSA) is 43.4 Å². The summed E-state index contributed by atoms with van der Waals surface area (Å²) >= 11 is 0. The second-order valence-electron chi connectivity index (χ2n) is 5.08. The van der Waals surface area contributed by atoms with Crippen LogP contribution in [0.3, 0.4) is 0 Å². The van der Waals surface area contributed by atoms with Crippen LogP contribution in [0.4, 0.5) is 0 Å². The van der Waals surface area contributed by atoms with Gasteiger partial charge >= 0.3 is 0 Å². The van der Waals surface area contributed by atoms with E-state index >= 15 is 0 Å². The molecule has 0 unspecified atom stereocenters. The third-order valence-corrected chi connectivity index (χ3v) is 4.09. The summed E-state index contributed by atoms with van der Waals surface area (Å²) in [5.41, 5.74) is 3.03. The lowest BCUT2D eigenvalue weighted by molar-refractivity contribution is 0.347. The minimum absolute atomic E-state index is 0.0897. The van der Waals surface area contributed by atoms with Crippen LogP contribution in [0.25, 0.3) is 0 Å². The predicted molar refractivity (Wildman–Crippen MR) is 82.1 cm³/mol. The highest BCUT2D eigenvalue weighted by Crippen LogP contribution is 2.14. The van der Waals surface area contributed by atoms with Gasteiger partial charge in [0.25, 0.3) is 10.1 Å². The molecule has 3 nitrogen and oxygen atoms in total. The van der Waals surface area contributed by atoms with Crippen molar-refractivity contribution in [3.8, 4) is 0 Å². The average molecular weight is 294 g/mol. The van der Waals surface area contributed by atoms with Crippen molar-refractivity contribution in [1.82, 2.24) is 0 Å². The summed E-state index contributed by atoms with van der Waals surface area (Å²) in [4.78, 5) is 0.192. The van der Waals surface area contributed by atoms with Crippen molar-refractivity contribution in [3.63, 3.8) is 0 Å². The molecule has 0 aliphatic rings. The van der Waals surface area contributed by atoms with Gasteiger partial charge in [0, 0.05) is 0 Å². The molecule has 0 aliphatic carbocycles. The van der Waals surface area contributed by atoms with Crippen LogP contribution >= 0.6 is 0 Å². The molecule has 0 saturated heterocycles. The van der Waals surface area contributed by atoms with Crippen LogP contribution in [0.5, 0.6) is 0 Å². The number of rotatable bonds is 7. The zero-order valence-corrected chi connectivity index (χ0v) is 13.2. The first-order valence-corrected chi connectivity index (χ1v) is 7.98. The molecule has 0 amide bonds. The van der Waals surface area contributed by atoms with Crippen molar-refractivity contribution in [2.75, 3.05) is 6.61 Å². The number of aryl methyl sites for hydroxylation is 1. The Morgan fingerprint density at radius 3 is 2.40 bits per heavy atom. The van der Waals surface area contributed by atoms with Crippen LogP contribution in [-0.4, -0.2) is 15.0 Å². The van der Waals surface area contributed by atoms with E-state index in [0.29, 0.717) is 0 Å². The van der Waals surface area contributed by atoms with Gasteiger partial charge in [-0.2, -0.15) is 8.42 Å². The van der Waals surface area contributed by atoms with E-state index in [9.17, 15) is 8.42 Å². The van der Waals surface area contributed by atoms with E-state index in [0.717, 1.165) is 29.6 Å². The first-order valence-electron chi connectivity index (χ1n) is 6.57. The highest BCUT2D eigenvalue weighted by Gasteiger charge is 2.14. The van der Waals surface area contributed by atoms with Crippen LogP contribution < -0.4 is 0 Å². The number of hydrogen-bond donors (Lipinski definition) is 0. The number of hydrogen-bond acceptors (Lipinski definition) is 3. The van der Waals surface area contributed by atoms with E-state index in [4.69, 9.17) is 4.18 Å². The molecule has 110 valence electrons. The van der Waals surface area contributed by atoms with Crippen molar-refractivity contribution in [1.29, 1.82) is 0 Å². The SMILES string of the molecule is C=C(C)CCC=C(C)COS(=O)(=O)c1ccc(C)cc1. The van der Waals surface area contributed by atoms with Crippen LogP contribution in [0, 0.1) is 6.92 Å². The van der Waals surface area contributed by atoms with Crippen LogP contribution in [0.1, 0.15) is 32.3 Å². The summed E-state index contributed by atoms with van der Waals surface area (Å²) in [6.45, 7) is 9.66. The van der Waals surface area contributed by atoms with Gasteiger partial charge in [0.2, 0.25) is 0 Å². The van der Waals surface area contributed by atoms with E-state index in [1.54, 1.807) is 24.3 Å². The molecule has 0 aromatic heterocycles. The Hall–Kier alpha value is -1.39. The number of allylic oxidation sites excluding steroid dienone is 2. The molecule has 0 radical (unpaired) electrons. The van der Waals surface area contributed by atoms with Gasteiger partial charge in [-0.1, -0.05) is 34.9 Å². The Balaban J connectivity index is 2.59. The second kappa shape index (κ2) is 7.41. The third kappa shape index (κ3) is 5.72. The molecule has 0 aliphatic heterocycles. The van der Waals surface area contributed by atoms with Gasteiger partial charge in [0.05, 0.1) is 11.5 Å². The minimum atomic E-state index is -3.67. The minimum Gasteiger partial charge on any atom is -0.262 e. The second-order valence-corrected chi connectivity index (χ2v) is 6.69. The van der Waals surface area contributed by atoms with Crippen molar-refractivity contribution in [3.05, 3.63) is 53.6 Å². The molecule has 1 aromatic rings. The smallest absolute Gasteiger partial charge is 0.262 e. The van der Waals surface area contributed by atoms with Gasteiger partial charge in [-0.3, -0.25) is 4.18 Å². The first-order chi connectivity index (χ1) is 9.31. The van der Waals surface area contributed by atoms with Crippen LogP contribution in [0.15, 0.2) is 53.0 Å². The molecule has 0 N–H and O–H groups in total. The van der Waals surface area contributed by atoms with E-state index in [-0.39, 0.29) is 11.5 Å². The fraction of sp³-hybridized carbons (Fsp3) is 0.375. The maximum Gasteiger partial charge on any atom is 0.297 e. The van der Waals surface area contributed by atoms with E-state index in [2.05, 4.69) is 6.58 Å². The highest BCUT2D eigenvalue weighted by molar-refractivity contribution is 7.86. The summed E-state index contributed by atoms with van der Waals surface area (Å²) in [6, 6.07) is 6.63. The largest absolute Gasteiger partial charge is 0.297 e. The fourth-order valence-electron chi connectivity index (χ4n) is 1.57. The Labute approximate surface area is 122 Å². The van der Waals surface area contributed by atoms with E-state index in [1.807, 2.05) is 26.8 Å². The van der Waals surface area contributed by atoms with Crippen LogP contribution in [-0.2, 0) is 14.3 Å². The quantitative estimate of drug-likeness (QED) is 0.564. The molecule has 20 heavy (non-hydrogen) atoms. The molecule has 1 aromatic carbocycles. The molecule has 0 bridgehead atoms. The fourth-order valence-corrected chi connectivity index (χ4v) is 2.51. The maximum atomic E-state index is 12.0. The van der Waals surface area contributed by atoms with Crippen molar-refractivity contribution in [2.24, 2.45) is 0 Å². The van der Waals surface area contributed by atoms with Crippen molar-refractivity contribution < 1.29 is 12.6 Å². The van der Waals surface area contributed by atoms with Gasteiger partial charge in [-0.25, -0.2) is 0 Å². The first kappa shape index (κ1) is 16.7. The zero-order valence-electron chi connectivity index (χ0n) is 12.3. The molecular formula is C16H22O3S. The molecule has 0 atom stereocenters. The van der Waals surface area contributed by atoms with Crippen molar-refractivity contribution >= 4 is 10.1 Å². The molecule has 0 spiro atoms. The average Bonchev–Trinajstić information content (AvgIpc) is 2.36. The van der Waals surface area contributed by atoms with Gasteiger partial charge in [0.15, 0.2) is 0 Å². The molecular weight excluding hydrogens is 272 g/mol. The molecule has 0 fully saturated rings. The Kier molecular flexibility index (Phi) is 6.17. The van der Waals surface area contributed by atoms with E-state index in [1.165, 1.54) is 0 Å². The predicted octanol–water partition coefficient (Wildman–Crippen LogP) is 4.00. The van der Waals surface area contributed by atoms with Gasteiger partial charge < -0.3 is 0 Å². The van der Waals surface area contributed by atoms with E-state index < -0.39 is 10.1 Å². The summed E-state index contributed by atoms with van der Waals surface area (Å²) in [5, 5.41) is 0. The lowest BCUT2D eigenvalue weighted by Crippen LogP contribution is -2.08. The summed E-state index contributed by atoms with van der Waals surface area (Å²) in [7, 11) is -3.67. The lowest BCUT2D eigenvalue weighted by Gasteiger charge is -2.06. The Morgan fingerprint density at radius 1 is 1.25 bits per heavy atom. The zero-order chi connectivity index (χ0) is 15.2. The Bertz CT molecular complexity index is 581. The van der Waals surface area contributed by atoms with Crippen molar-refractivity contribution in [2.45, 2.75) is 38.5 Å². The lowest BCUT2D eigenvalue weighted by atomic mass is 10.1. The normalized spacial score (nSPS) is 12.4. The summed E-state index contributed by atoms with van der Waals surface area (Å²) in [5.74, 6) is 0. The molecule has 4 heteroatoms. The maximum absolute atomic E-state index is 12.0. The molecule has 0 heterocycles.